The van der Waals surface area contributed by atoms with Crippen LogP contribution in [-0.4, -0.2) is 37.5 Å². The van der Waals surface area contributed by atoms with E-state index in [2.05, 4.69) is 4.98 Å². The number of phenolic OH excluding ortho intramolecular Hbond substituents is 4. The van der Waals surface area contributed by atoms with Crippen molar-refractivity contribution in [3.63, 3.8) is 0 Å². The molecule has 0 unspecified atom stereocenters. The second kappa shape index (κ2) is 7.23. The Kier molecular flexibility index (Phi) is 4.59. The summed E-state index contributed by atoms with van der Waals surface area (Å²) in [6, 6.07) is 9.81. The molecule has 1 aromatic heterocycles. The van der Waals surface area contributed by atoms with E-state index in [1.165, 1.54) is 42.7 Å². The van der Waals surface area contributed by atoms with E-state index >= 15 is 0 Å². The van der Waals surface area contributed by atoms with Crippen LogP contribution in [0, 0.1) is 0 Å². The summed E-state index contributed by atoms with van der Waals surface area (Å²) in [5.74, 6) is -1.42. The summed E-state index contributed by atoms with van der Waals surface area (Å²) >= 11 is 0. The van der Waals surface area contributed by atoms with Crippen molar-refractivity contribution in [2.24, 2.45) is 0 Å². The van der Waals surface area contributed by atoms with Crippen molar-refractivity contribution in [2.45, 2.75) is 18.6 Å². The van der Waals surface area contributed by atoms with E-state index in [-0.39, 0.29) is 40.7 Å². The lowest BCUT2D eigenvalue weighted by atomic mass is 9.93. The molecule has 2 aromatic carbocycles. The van der Waals surface area contributed by atoms with Gasteiger partial charge in [-0.1, -0.05) is 6.07 Å². The van der Waals surface area contributed by atoms with E-state index in [4.69, 9.17) is 9.47 Å². The highest BCUT2D eigenvalue weighted by molar-refractivity contribution is 5.89. The largest absolute Gasteiger partial charge is 0.508 e. The van der Waals surface area contributed by atoms with Crippen molar-refractivity contribution in [3.05, 3.63) is 71.5 Å². The van der Waals surface area contributed by atoms with E-state index in [9.17, 15) is 25.2 Å². The Bertz CT molecular complexity index is 1070. The number of ether oxygens (including phenoxy) is 2. The molecule has 0 amide bonds. The van der Waals surface area contributed by atoms with E-state index in [1.807, 2.05) is 0 Å². The summed E-state index contributed by atoms with van der Waals surface area (Å²) in [6.07, 6.45) is 1.31. The van der Waals surface area contributed by atoms with Gasteiger partial charge in [-0.05, 0) is 24.3 Å². The fourth-order valence-electron chi connectivity index (χ4n) is 3.24. The number of carbonyl (C=O) groups is 1. The van der Waals surface area contributed by atoms with E-state index < -0.39 is 18.2 Å². The third-order valence-corrected chi connectivity index (χ3v) is 4.65. The lowest BCUT2D eigenvalue weighted by Crippen LogP contribution is -2.34. The van der Waals surface area contributed by atoms with Gasteiger partial charge in [0.25, 0.3) is 0 Å². The van der Waals surface area contributed by atoms with E-state index in [0.29, 0.717) is 11.1 Å². The van der Waals surface area contributed by atoms with Gasteiger partial charge < -0.3 is 29.9 Å². The molecule has 0 spiro atoms. The van der Waals surface area contributed by atoms with Gasteiger partial charge in [0.05, 0.1) is 5.56 Å². The number of rotatable bonds is 3. The Balaban J connectivity index is 1.72. The zero-order valence-electron chi connectivity index (χ0n) is 15.0. The predicted molar refractivity (Wildman–Crippen MR) is 100 cm³/mol. The quantitative estimate of drug-likeness (QED) is 0.394. The van der Waals surface area contributed by atoms with Gasteiger partial charge in [0.2, 0.25) is 0 Å². The monoisotopic (exact) mass is 395 g/mol. The molecule has 0 saturated carbocycles. The normalized spacial score (nSPS) is 17.8. The molecule has 4 N–H and O–H groups in total. The maximum absolute atomic E-state index is 12.6. The fourth-order valence-corrected chi connectivity index (χ4v) is 3.24. The van der Waals surface area contributed by atoms with Crippen LogP contribution >= 0.6 is 0 Å². The summed E-state index contributed by atoms with van der Waals surface area (Å²) in [7, 11) is 0. The lowest BCUT2D eigenvalue weighted by molar-refractivity contribution is -0.0188. The number of hydrogen-bond acceptors (Lipinski definition) is 8. The maximum Gasteiger partial charge on any atom is 0.340 e. The molecule has 2 heterocycles. The van der Waals surface area contributed by atoms with E-state index in [0.717, 1.165) is 0 Å². The zero-order valence-corrected chi connectivity index (χ0v) is 15.0. The van der Waals surface area contributed by atoms with Crippen molar-refractivity contribution in [3.8, 4) is 28.7 Å². The number of fused-ring (bicyclic) bond motifs is 1. The molecule has 0 saturated heterocycles. The van der Waals surface area contributed by atoms with Crippen LogP contribution in [0.2, 0.25) is 0 Å². The third-order valence-electron chi connectivity index (χ3n) is 4.65. The second-order valence-electron chi connectivity index (χ2n) is 6.62. The number of hydrogen-bond donors (Lipinski definition) is 4. The number of aromatic hydroxyl groups is 4. The van der Waals surface area contributed by atoms with Gasteiger partial charge in [-0.3, -0.25) is 4.98 Å². The van der Waals surface area contributed by atoms with Crippen molar-refractivity contribution >= 4 is 5.97 Å². The van der Waals surface area contributed by atoms with Crippen molar-refractivity contribution in [1.82, 2.24) is 4.98 Å². The molecule has 8 heteroatoms. The highest BCUT2D eigenvalue weighted by Crippen LogP contribution is 2.43. The van der Waals surface area contributed by atoms with Gasteiger partial charge in [-0.15, -0.1) is 0 Å². The molecule has 1 aliphatic heterocycles. The zero-order chi connectivity index (χ0) is 20.5. The van der Waals surface area contributed by atoms with Crippen LogP contribution < -0.4 is 4.74 Å². The molecule has 3 aromatic rings. The molecule has 148 valence electrons. The smallest absolute Gasteiger partial charge is 0.340 e. The molecule has 1 aliphatic rings. The minimum absolute atomic E-state index is 0.111. The second-order valence-corrected chi connectivity index (χ2v) is 6.62. The van der Waals surface area contributed by atoms with Crippen LogP contribution in [0.25, 0.3) is 0 Å². The van der Waals surface area contributed by atoms with Crippen LogP contribution in [0.3, 0.4) is 0 Å². The summed E-state index contributed by atoms with van der Waals surface area (Å²) in [5.41, 5.74) is 1.07. The SMILES string of the molecule is O=C(O[C@@H]1Cc2c(O)cc(O)cc2O[C@@H]1c1ccc(O)c(O)c1)c1cccnc1. The third kappa shape index (κ3) is 3.60. The number of pyridine rings is 1. The topological polar surface area (TPSA) is 129 Å². The van der Waals surface area contributed by atoms with Crippen LogP contribution in [0.1, 0.15) is 27.6 Å². The Labute approximate surface area is 165 Å². The Morgan fingerprint density at radius 1 is 1.03 bits per heavy atom. The lowest BCUT2D eigenvalue weighted by Gasteiger charge is -2.34. The Morgan fingerprint density at radius 3 is 2.59 bits per heavy atom. The first-order valence-electron chi connectivity index (χ1n) is 8.77. The van der Waals surface area contributed by atoms with Gasteiger partial charge >= 0.3 is 5.97 Å². The first-order chi connectivity index (χ1) is 13.9. The Hall–Kier alpha value is -3.94. The molecule has 4 rings (SSSR count). The molecule has 0 radical (unpaired) electrons. The fraction of sp³-hybridized carbons (Fsp3) is 0.143. The minimum Gasteiger partial charge on any atom is -0.508 e. The first-order valence-corrected chi connectivity index (χ1v) is 8.77. The van der Waals surface area contributed by atoms with Gasteiger partial charge in [0, 0.05) is 42.1 Å². The number of esters is 1. The maximum atomic E-state index is 12.6. The molecule has 8 nitrogen and oxygen atoms in total. The molecule has 29 heavy (non-hydrogen) atoms. The molecule has 0 fully saturated rings. The van der Waals surface area contributed by atoms with Crippen molar-refractivity contribution in [1.29, 1.82) is 0 Å². The number of aromatic nitrogens is 1. The van der Waals surface area contributed by atoms with Crippen LogP contribution in [0.4, 0.5) is 0 Å². The Morgan fingerprint density at radius 2 is 1.86 bits per heavy atom. The van der Waals surface area contributed by atoms with Crippen LogP contribution in [0.5, 0.6) is 28.7 Å². The summed E-state index contributed by atoms with van der Waals surface area (Å²) in [4.78, 5) is 16.4. The standard InChI is InChI=1S/C21H17NO7/c23-13-7-16(25)14-9-19(29-21(27)12-2-1-5-22-10-12)20(28-18(14)8-13)11-3-4-15(24)17(26)6-11/h1-8,10,19-20,23-26H,9H2/t19-,20-/m1/s1. The molecule has 0 aliphatic carbocycles. The van der Waals surface area contributed by atoms with E-state index in [1.54, 1.807) is 12.1 Å². The highest BCUT2D eigenvalue weighted by atomic mass is 16.6. The molecular formula is C21H17NO7. The number of nitrogens with zero attached hydrogens (tertiary/aromatic N) is 1. The number of phenols is 4. The van der Waals surface area contributed by atoms with Gasteiger partial charge in [-0.2, -0.15) is 0 Å². The molecule has 0 bridgehead atoms. The number of benzene rings is 2. The average Bonchev–Trinajstić information content (AvgIpc) is 2.70. The first kappa shape index (κ1) is 18.4. The van der Waals surface area contributed by atoms with Crippen LogP contribution in [-0.2, 0) is 11.2 Å². The average molecular weight is 395 g/mol. The van der Waals surface area contributed by atoms with Crippen molar-refractivity contribution in [2.75, 3.05) is 0 Å². The molecule has 2 atom stereocenters. The van der Waals surface area contributed by atoms with Gasteiger partial charge in [0.15, 0.2) is 17.6 Å². The highest BCUT2D eigenvalue weighted by Gasteiger charge is 2.36. The van der Waals surface area contributed by atoms with Crippen LogP contribution in [0.15, 0.2) is 54.9 Å². The van der Waals surface area contributed by atoms with Gasteiger partial charge in [-0.25, -0.2) is 4.79 Å². The summed E-state index contributed by atoms with van der Waals surface area (Å²) in [5, 5.41) is 39.4. The molecular weight excluding hydrogens is 378 g/mol. The van der Waals surface area contributed by atoms with Crippen molar-refractivity contribution < 1.29 is 34.7 Å². The minimum atomic E-state index is -0.852. The predicted octanol–water partition coefficient (Wildman–Crippen LogP) is 2.81. The number of carbonyl (C=O) groups excluding carboxylic acids is 1. The van der Waals surface area contributed by atoms with Gasteiger partial charge in [0.1, 0.15) is 23.4 Å². The summed E-state index contributed by atoms with van der Waals surface area (Å²) < 4.78 is 11.6. The summed E-state index contributed by atoms with van der Waals surface area (Å²) in [6.45, 7) is 0.